The van der Waals surface area contributed by atoms with Gasteiger partial charge < -0.3 is 52.9 Å². The molecule has 2 rings (SSSR count). The predicted octanol–water partition coefficient (Wildman–Crippen LogP) is -5.91. The Morgan fingerprint density at radius 1 is 0.681 bits per heavy atom. The Labute approximate surface area is 316 Å². The maximum atomic E-state index is 12.2. The van der Waals surface area contributed by atoms with E-state index in [4.69, 9.17) is 37.9 Å². The van der Waals surface area contributed by atoms with Crippen molar-refractivity contribution >= 4 is 46.2 Å². The van der Waals surface area contributed by atoms with E-state index in [2.05, 4.69) is 9.50 Å². The van der Waals surface area contributed by atoms with Gasteiger partial charge in [0.05, 0.1) is 13.2 Å². The number of rotatable bonds is 12. The molecule has 1 amide bonds. The number of amides is 1. The molecule has 259 valence electrons. The van der Waals surface area contributed by atoms with E-state index in [1.165, 1.54) is 0 Å². The van der Waals surface area contributed by atoms with Crippen LogP contribution in [-0.2, 0) is 114 Å². The van der Waals surface area contributed by atoms with Crippen LogP contribution in [0.2, 0.25) is 0 Å². The Balaban J connectivity index is 0.0000106. The number of esters is 5. The molecule has 23 heteroatoms. The van der Waals surface area contributed by atoms with E-state index < -0.39 is 121 Å². The molecule has 2 N–H and O–H groups in total. The summed E-state index contributed by atoms with van der Waals surface area (Å²) >= 11 is 0. The summed E-state index contributed by atoms with van der Waals surface area (Å²) in [6.45, 7) is 3.88. The normalized spacial score (nSPS) is 30.2. The first-order valence-corrected chi connectivity index (χ1v) is 14.5. The van der Waals surface area contributed by atoms with Crippen LogP contribution in [0.4, 0.5) is 0 Å². The fourth-order valence-corrected chi connectivity index (χ4v) is 4.90. The molecule has 0 aromatic heterocycles. The molecule has 2 aliphatic rings. The Morgan fingerprint density at radius 3 is 1.57 bits per heavy atom. The molecular formula is C24H34NNaO19SY. The minimum atomic E-state index is -5.36. The summed E-state index contributed by atoms with van der Waals surface area (Å²) in [6, 6.07) is -1.47. The van der Waals surface area contributed by atoms with E-state index in [0.717, 1.165) is 41.5 Å². The van der Waals surface area contributed by atoms with Crippen LogP contribution in [0, 0.1) is 0 Å². The summed E-state index contributed by atoms with van der Waals surface area (Å²) in [4.78, 5) is 72.1. The average Bonchev–Trinajstić information content (AvgIpc) is 2.87. The van der Waals surface area contributed by atoms with Gasteiger partial charge in [-0.2, -0.15) is 0 Å². The van der Waals surface area contributed by atoms with Crippen LogP contribution in [0.25, 0.3) is 0 Å². The maximum absolute atomic E-state index is 12.2. The van der Waals surface area contributed by atoms with E-state index in [1.54, 1.807) is 0 Å². The molecule has 2 fully saturated rings. The van der Waals surface area contributed by atoms with Gasteiger partial charge in [0.25, 0.3) is 0 Å². The number of hydrogen-bond acceptors (Lipinski definition) is 19. The summed E-state index contributed by atoms with van der Waals surface area (Å²) in [6.07, 6.45) is -15.5. The molecule has 0 aromatic carbocycles. The van der Waals surface area contributed by atoms with Crippen LogP contribution >= 0.6 is 0 Å². The molecule has 20 nitrogen and oxygen atoms in total. The van der Waals surface area contributed by atoms with Gasteiger partial charge in [0.2, 0.25) is 22.6 Å². The molecule has 0 saturated carbocycles. The molecule has 2 aliphatic heterocycles. The van der Waals surface area contributed by atoms with Gasteiger partial charge in [-0.15, -0.1) is 0 Å². The van der Waals surface area contributed by atoms with Gasteiger partial charge in [-0.05, 0) is 0 Å². The van der Waals surface area contributed by atoms with Gasteiger partial charge in [-0.1, -0.05) is 0 Å². The number of aliphatic hydroxyl groups excluding tert-OH is 1. The van der Waals surface area contributed by atoms with Crippen molar-refractivity contribution in [3.63, 3.8) is 0 Å². The largest absolute Gasteiger partial charge is 1.00 e. The van der Waals surface area contributed by atoms with Crippen molar-refractivity contribution in [1.82, 2.24) is 5.32 Å². The quantitative estimate of drug-likeness (QED) is 0.0613. The van der Waals surface area contributed by atoms with Crippen LogP contribution in [0.5, 0.6) is 0 Å². The van der Waals surface area contributed by atoms with Gasteiger partial charge in [-0.25, -0.2) is 8.42 Å². The SMILES string of the molecule is CC(=O)NC1C(OC(C)=O)[C@H](O[C@@H]2OC(COS(=O)(=O)[O-])[C@H](OC(C)=O)[C@H](OC(C)=O)C2OC(C)=O)[C@H](CO)O[C@H]1OC(C)=O.[Na+].[Y]. The second-order valence-corrected chi connectivity index (χ2v) is 10.7. The molecule has 10 atom stereocenters. The zero-order valence-corrected chi connectivity index (χ0v) is 32.1. The second kappa shape index (κ2) is 20.3. The minimum absolute atomic E-state index is 0. The van der Waals surface area contributed by atoms with E-state index >= 15 is 0 Å². The zero-order chi connectivity index (χ0) is 34.2. The van der Waals surface area contributed by atoms with Crippen molar-refractivity contribution in [2.24, 2.45) is 0 Å². The van der Waals surface area contributed by atoms with Crippen molar-refractivity contribution in [3.8, 4) is 0 Å². The first-order chi connectivity index (χ1) is 20.8. The van der Waals surface area contributed by atoms with Crippen molar-refractivity contribution in [1.29, 1.82) is 0 Å². The third kappa shape index (κ3) is 14.6. The first kappa shape index (κ1) is 45.6. The fraction of sp³-hybridized carbons (Fsp3) is 0.750. The van der Waals surface area contributed by atoms with Gasteiger partial charge >= 0.3 is 59.4 Å². The predicted molar refractivity (Wildman–Crippen MR) is 137 cm³/mol. The molecule has 4 unspecified atom stereocenters. The molecule has 0 aliphatic carbocycles. The Hall–Kier alpha value is -1.37. The van der Waals surface area contributed by atoms with E-state index in [9.17, 15) is 46.8 Å². The van der Waals surface area contributed by atoms with Crippen molar-refractivity contribution in [2.75, 3.05) is 13.2 Å². The summed E-state index contributed by atoms with van der Waals surface area (Å²) in [5.74, 6) is -5.54. The number of ether oxygens (including phenoxy) is 8. The summed E-state index contributed by atoms with van der Waals surface area (Å²) < 4.78 is 81.6. The summed E-state index contributed by atoms with van der Waals surface area (Å²) in [5.41, 5.74) is 0. The Bertz CT molecular complexity index is 1240. The van der Waals surface area contributed by atoms with Crippen molar-refractivity contribution in [2.45, 2.75) is 103 Å². The second-order valence-electron chi connectivity index (χ2n) is 9.69. The number of carbonyl (C=O) groups is 6. The smallest absolute Gasteiger partial charge is 0.726 e. The van der Waals surface area contributed by atoms with Crippen molar-refractivity contribution in [3.05, 3.63) is 0 Å². The summed E-state index contributed by atoms with van der Waals surface area (Å²) in [7, 11) is -5.36. The van der Waals surface area contributed by atoms with Crippen molar-refractivity contribution < 1.29 is 151 Å². The third-order valence-electron chi connectivity index (χ3n) is 5.95. The number of hydrogen-bond donors (Lipinski definition) is 2. The Kier molecular flexibility index (Phi) is 19.8. The van der Waals surface area contributed by atoms with E-state index in [1.807, 2.05) is 0 Å². The molecule has 0 aromatic rings. The third-order valence-corrected chi connectivity index (χ3v) is 6.37. The molecule has 47 heavy (non-hydrogen) atoms. The number of aliphatic hydroxyl groups is 1. The summed E-state index contributed by atoms with van der Waals surface area (Å²) in [5, 5.41) is 12.6. The van der Waals surface area contributed by atoms with Gasteiger partial charge in [-0.3, -0.25) is 33.0 Å². The zero-order valence-electron chi connectivity index (χ0n) is 26.5. The van der Waals surface area contributed by atoms with E-state index in [0.29, 0.717) is 0 Å². The fourth-order valence-electron chi connectivity index (χ4n) is 4.60. The minimum Gasteiger partial charge on any atom is -0.726 e. The van der Waals surface area contributed by atoms with Crippen LogP contribution in [0.3, 0.4) is 0 Å². The van der Waals surface area contributed by atoms with Gasteiger partial charge in [0.15, 0.2) is 30.7 Å². The molecule has 0 spiro atoms. The molecule has 2 saturated heterocycles. The average molecular weight is 784 g/mol. The van der Waals surface area contributed by atoms with Crippen LogP contribution in [-0.4, -0.2) is 128 Å². The standard InChI is InChI=1S/C24H35NO19S.Na.Y/c1-9(27)25-17-20(38-11(3)29)18(15(7-26)42-23(17)41-14(6)32)44-24-22(40-13(5)31)21(39-12(4)30)19(37-10(2)28)16(43-24)8-36-45(33,34)35;;/h15-24,26H,7-8H2,1-6H3,(H,25,27)(H,33,34,35);;/q;+1;/p-1/t15-,16?,17?,18+,19-,20?,21-,22?,23+,24-;;/m0../s1. The molecule has 2 heterocycles. The van der Waals surface area contributed by atoms with Crippen LogP contribution < -0.4 is 34.9 Å². The van der Waals surface area contributed by atoms with Crippen LogP contribution in [0.15, 0.2) is 0 Å². The molecular weight excluding hydrogens is 750 g/mol. The molecule has 1 radical (unpaired) electrons. The Morgan fingerprint density at radius 2 is 1.13 bits per heavy atom. The first-order valence-electron chi connectivity index (χ1n) is 13.1. The molecule has 0 bridgehead atoms. The topological polar surface area (TPSA) is 275 Å². The van der Waals surface area contributed by atoms with Gasteiger partial charge in [0, 0.05) is 74.3 Å². The van der Waals surface area contributed by atoms with Gasteiger partial charge in [0.1, 0.15) is 24.4 Å². The maximum Gasteiger partial charge on any atom is 1.00 e. The van der Waals surface area contributed by atoms with Crippen LogP contribution in [0.1, 0.15) is 41.5 Å². The number of carbonyl (C=O) groups excluding carboxylic acids is 6. The number of nitrogens with one attached hydrogen (secondary N) is 1. The van der Waals surface area contributed by atoms with E-state index in [-0.39, 0.29) is 62.3 Å². The monoisotopic (exact) mass is 784 g/mol.